The van der Waals surface area contributed by atoms with Gasteiger partial charge in [0.1, 0.15) is 0 Å². The minimum Gasteiger partial charge on any atom is -0.384 e. The van der Waals surface area contributed by atoms with Gasteiger partial charge in [0.2, 0.25) is 0 Å². The fourth-order valence-corrected chi connectivity index (χ4v) is 2.63. The van der Waals surface area contributed by atoms with E-state index in [2.05, 4.69) is 31.1 Å². The molecule has 0 radical (unpaired) electrons. The van der Waals surface area contributed by atoms with Crippen molar-refractivity contribution < 1.29 is 4.74 Å². The molecule has 0 aromatic rings. The minimum atomic E-state index is 0.244. The molecule has 1 heterocycles. The Bertz CT molecular complexity index is 233. The minimum absolute atomic E-state index is 0.244. The average molecular weight is 230 g/mol. The van der Waals surface area contributed by atoms with Gasteiger partial charge >= 0.3 is 0 Å². The fraction of sp³-hybridized carbons (Fsp3) is 0.909. The normalized spacial score (nSPS) is 30.5. The first-order valence-electron chi connectivity index (χ1n) is 5.54. The summed E-state index contributed by atoms with van der Waals surface area (Å²) in [5, 5.41) is 4.59. The predicted octanol–water partition coefficient (Wildman–Crippen LogP) is 2.13. The van der Waals surface area contributed by atoms with E-state index in [1.165, 1.54) is 0 Å². The van der Waals surface area contributed by atoms with E-state index in [1.807, 2.05) is 11.8 Å². The number of nitrogens with one attached hydrogen (secondary N) is 1. The van der Waals surface area contributed by atoms with Crippen molar-refractivity contribution in [3.8, 4) is 0 Å². The molecular formula is C11H22N2OS. The van der Waals surface area contributed by atoms with Gasteiger partial charge < -0.3 is 10.1 Å². The van der Waals surface area contributed by atoms with Crippen molar-refractivity contribution in [2.24, 2.45) is 10.9 Å². The standard InChI is InChI=1S/C11H22N2OS/c1-5-11(3)8-15-10(13-11)12-6-9(2)7-14-4/h9H,5-8H2,1-4H3,(H,12,13). The summed E-state index contributed by atoms with van der Waals surface area (Å²) < 4.78 is 5.08. The summed E-state index contributed by atoms with van der Waals surface area (Å²) in [7, 11) is 1.74. The topological polar surface area (TPSA) is 33.6 Å². The van der Waals surface area contributed by atoms with Gasteiger partial charge in [-0.1, -0.05) is 25.6 Å². The summed E-state index contributed by atoms with van der Waals surface area (Å²) in [5.41, 5.74) is 0.244. The molecule has 0 aliphatic carbocycles. The largest absolute Gasteiger partial charge is 0.384 e. The van der Waals surface area contributed by atoms with Crippen LogP contribution in [0.5, 0.6) is 0 Å². The zero-order chi connectivity index (χ0) is 11.3. The number of aliphatic imine (C=N–C) groups is 1. The van der Waals surface area contributed by atoms with Crippen molar-refractivity contribution in [2.45, 2.75) is 32.7 Å². The number of thioether (sulfide) groups is 1. The highest BCUT2D eigenvalue weighted by molar-refractivity contribution is 8.14. The van der Waals surface area contributed by atoms with Crippen LogP contribution < -0.4 is 5.32 Å². The second-order valence-corrected chi connectivity index (χ2v) is 5.50. The first kappa shape index (κ1) is 12.8. The molecule has 0 aromatic carbocycles. The molecule has 0 spiro atoms. The SMILES string of the molecule is CCC1(C)CSC(=NCC(C)COC)N1. The molecule has 1 aliphatic rings. The highest BCUT2D eigenvalue weighted by Crippen LogP contribution is 2.25. The van der Waals surface area contributed by atoms with Gasteiger partial charge in [-0.25, -0.2) is 0 Å². The molecule has 4 heteroatoms. The van der Waals surface area contributed by atoms with Gasteiger partial charge in [0.05, 0.1) is 6.61 Å². The summed E-state index contributed by atoms with van der Waals surface area (Å²) in [4.78, 5) is 4.57. The Kier molecular flexibility index (Phi) is 4.93. The van der Waals surface area contributed by atoms with Crippen molar-refractivity contribution in [3.05, 3.63) is 0 Å². The summed E-state index contributed by atoms with van der Waals surface area (Å²) in [5.74, 6) is 1.62. The van der Waals surface area contributed by atoms with Gasteiger partial charge in [-0.15, -0.1) is 0 Å². The van der Waals surface area contributed by atoms with Gasteiger partial charge in [-0.2, -0.15) is 0 Å². The molecule has 15 heavy (non-hydrogen) atoms. The molecule has 2 atom stereocenters. The van der Waals surface area contributed by atoms with E-state index in [4.69, 9.17) is 4.74 Å². The van der Waals surface area contributed by atoms with Gasteiger partial charge in [0.25, 0.3) is 0 Å². The summed E-state index contributed by atoms with van der Waals surface area (Å²) in [6, 6.07) is 0. The van der Waals surface area contributed by atoms with Gasteiger partial charge in [0.15, 0.2) is 5.17 Å². The van der Waals surface area contributed by atoms with Crippen LogP contribution in [0.1, 0.15) is 27.2 Å². The molecule has 3 nitrogen and oxygen atoms in total. The lowest BCUT2D eigenvalue weighted by Gasteiger charge is -2.20. The predicted molar refractivity (Wildman–Crippen MR) is 67.6 cm³/mol. The van der Waals surface area contributed by atoms with Crippen molar-refractivity contribution in [2.75, 3.05) is 26.0 Å². The Morgan fingerprint density at radius 3 is 2.93 bits per heavy atom. The van der Waals surface area contributed by atoms with Crippen LogP contribution in [0.2, 0.25) is 0 Å². The van der Waals surface area contributed by atoms with Gasteiger partial charge in [-0.3, -0.25) is 4.99 Å². The lowest BCUT2D eigenvalue weighted by atomic mass is 10.0. The molecule has 1 N–H and O–H groups in total. The second kappa shape index (κ2) is 5.75. The van der Waals surface area contributed by atoms with Gasteiger partial charge in [-0.05, 0) is 19.3 Å². The van der Waals surface area contributed by atoms with Crippen LogP contribution in [0.15, 0.2) is 4.99 Å². The van der Waals surface area contributed by atoms with Crippen LogP contribution in [0.25, 0.3) is 0 Å². The highest BCUT2D eigenvalue weighted by Gasteiger charge is 2.30. The number of hydrogen-bond donors (Lipinski definition) is 1. The third-order valence-electron chi connectivity index (χ3n) is 2.71. The Morgan fingerprint density at radius 2 is 2.40 bits per heavy atom. The van der Waals surface area contributed by atoms with E-state index >= 15 is 0 Å². The summed E-state index contributed by atoms with van der Waals surface area (Å²) in [6.07, 6.45) is 1.15. The van der Waals surface area contributed by atoms with Crippen molar-refractivity contribution in [1.82, 2.24) is 5.32 Å². The Hall–Kier alpha value is -0.220. The number of ether oxygens (including phenoxy) is 1. The number of rotatable bonds is 5. The van der Waals surface area contributed by atoms with Crippen molar-refractivity contribution in [1.29, 1.82) is 0 Å². The average Bonchev–Trinajstić information content (AvgIpc) is 2.59. The molecule has 1 fully saturated rings. The van der Waals surface area contributed by atoms with E-state index in [0.29, 0.717) is 5.92 Å². The molecule has 0 aromatic heterocycles. The van der Waals surface area contributed by atoms with Crippen LogP contribution in [-0.2, 0) is 4.74 Å². The van der Waals surface area contributed by atoms with E-state index in [-0.39, 0.29) is 5.54 Å². The molecule has 0 saturated carbocycles. The molecule has 1 rings (SSSR count). The van der Waals surface area contributed by atoms with Crippen LogP contribution in [0, 0.1) is 5.92 Å². The van der Waals surface area contributed by atoms with Crippen LogP contribution in [0.4, 0.5) is 0 Å². The third kappa shape index (κ3) is 4.03. The van der Waals surface area contributed by atoms with Crippen LogP contribution >= 0.6 is 11.8 Å². The monoisotopic (exact) mass is 230 g/mol. The van der Waals surface area contributed by atoms with Crippen LogP contribution in [0.3, 0.4) is 0 Å². The van der Waals surface area contributed by atoms with E-state index in [1.54, 1.807) is 7.11 Å². The summed E-state index contributed by atoms with van der Waals surface area (Å²) in [6.45, 7) is 8.26. The molecule has 0 amide bonds. The van der Waals surface area contributed by atoms with E-state index in [0.717, 1.165) is 30.5 Å². The smallest absolute Gasteiger partial charge is 0.157 e. The maximum atomic E-state index is 5.08. The Balaban J connectivity index is 2.36. The lowest BCUT2D eigenvalue weighted by Crippen LogP contribution is -2.39. The first-order valence-corrected chi connectivity index (χ1v) is 6.52. The number of methoxy groups -OCH3 is 1. The molecule has 0 bridgehead atoms. The molecular weight excluding hydrogens is 208 g/mol. The molecule has 2 unspecified atom stereocenters. The highest BCUT2D eigenvalue weighted by atomic mass is 32.2. The first-order chi connectivity index (χ1) is 7.09. The number of hydrogen-bond acceptors (Lipinski definition) is 3. The molecule has 1 saturated heterocycles. The maximum absolute atomic E-state index is 5.08. The van der Waals surface area contributed by atoms with Crippen LogP contribution in [-0.4, -0.2) is 36.7 Å². The summed E-state index contributed by atoms with van der Waals surface area (Å²) >= 11 is 1.83. The fourth-order valence-electron chi connectivity index (χ4n) is 1.41. The van der Waals surface area contributed by atoms with Crippen molar-refractivity contribution in [3.63, 3.8) is 0 Å². The molecule has 88 valence electrons. The third-order valence-corrected chi connectivity index (χ3v) is 4.00. The lowest BCUT2D eigenvalue weighted by molar-refractivity contribution is 0.163. The van der Waals surface area contributed by atoms with E-state index < -0.39 is 0 Å². The number of amidine groups is 1. The van der Waals surface area contributed by atoms with Gasteiger partial charge in [0, 0.05) is 24.9 Å². The van der Waals surface area contributed by atoms with E-state index in [9.17, 15) is 0 Å². The number of nitrogens with zero attached hydrogens (tertiary/aromatic N) is 1. The van der Waals surface area contributed by atoms with Crippen molar-refractivity contribution >= 4 is 16.9 Å². The second-order valence-electron chi connectivity index (χ2n) is 4.53. The zero-order valence-electron chi connectivity index (χ0n) is 10.2. The Morgan fingerprint density at radius 1 is 1.67 bits per heavy atom. The zero-order valence-corrected chi connectivity index (χ0v) is 11.0. The maximum Gasteiger partial charge on any atom is 0.157 e. The molecule has 1 aliphatic heterocycles. The Labute approximate surface area is 97.1 Å². The quantitative estimate of drug-likeness (QED) is 0.785.